The molecule has 1 rings (SSSR count). The third kappa shape index (κ3) is 4.30. The van der Waals surface area contributed by atoms with Crippen molar-refractivity contribution in [1.29, 1.82) is 5.26 Å². The van der Waals surface area contributed by atoms with Crippen LogP contribution in [0.15, 0.2) is 0 Å². The Kier molecular flexibility index (Phi) is 7.22. The fraction of sp³-hybridized carbons (Fsp3) is 0.706. The van der Waals surface area contributed by atoms with Gasteiger partial charge in [0.1, 0.15) is 11.9 Å². The zero-order chi connectivity index (χ0) is 15.0. The van der Waals surface area contributed by atoms with Crippen molar-refractivity contribution in [2.45, 2.75) is 78.7 Å². The number of hydrogen-bond acceptors (Lipinski definition) is 2. The molecule has 0 saturated heterocycles. The van der Waals surface area contributed by atoms with Crippen molar-refractivity contribution in [2.75, 3.05) is 5.73 Å². The molecule has 1 aromatic rings. The summed E-state index contributed by atoms with van der Waals surface area (Å²) in [6, 6.07) is 2.21. The number of unbranched alkanes of at least 4 members (excludes halogenated alkanes) is 7. The van der Waals surface area contributed by atoms with Crippen LogP contribution in [0.2, 0.25) is 0 Å². The van der Waals surface area contributed by atoms with Gasteiger partial charge in [-0.05, 0) is 25.8 Å². The van der Waals surface area contributed by atoms with E-state index in [1.807, 2.05) is 6.92 Å². The number of rotatable bonds is 9. The molecular formula is C17H29N3. The Bertz CT molecular complexity index is 452. The van der Waals surface area contributed by atoms with E-state index in [0.29, 0.717) is 11.4 Å². The Morgan fingerprint density at radius 1 is 1.00 bits per heavy atom. The second kappa shape index (κ2) is 8.68. The molecule has 112 valence electrons. The van der Waals surface area contributed by atoms with E-state index in [1.54, 1.807) is 0 Å². The zero-order valence-electron chi connectivity index (χ0n) is 13.3. The fourth-order valence-corrected chi connectivity index (χ4v) is 2.72. The molecule has 1 heterocycles. The third-order valence-electron chi connectivity index (χ3n) is 4.22. The lowest BCUT2D eigenvalue weighted by molar-refractivity contribution is 0.543. The van der Waals surface area contributed by atoms with Crippen LogP contribution in [0.25, 0.3) is 0 Å². The van der Waals surface area contributed by atoms with Gasteiger partial charge in [-0.2, -0.15) is 5.26 Å². The van der Waals surface area contributed by atoms with Gasteiger partial charge in [0.2, 0.25) is 0 Å². The van der Waals surface area contributed by atoms with Crippen LogP contribution in [0.3, 0.4) is 0 Å². The summed E-state index contributed by atoms with van der Waals surface area (Å²) in [6.45, 7) is 7.22. The predicted molar refractivity (Wildman–Crippen MR) is 85.6 cm³/mol. The van der Waals surface area contributed by atoms with Crippen LogP contribution in [0.1, 0.15) is 75.1 Å². The number of nitriles is 1. The minimum Gasteiger partial charge on any atom is -0.384 e. The molecule has 0 aliphatic rings. The van der Waals surface area contributed by atoms with E-state index < -0.39 is 0 Å². The van der Waals surface area contributed by atoms with Crippen molar-refractivity contribution in [1.82, 2.24) is 4.57 Å². The minimum absolute atomic E-state index is 0.644. The van der Waals surface area contributed by atoms with Crippen LogP contribution >= 0.6 is 0 Å². The second-order valence-electron chi connectivity index (χ2n) is 5.71. The van der Waals surface area contributed by atoms with Crippen molar-refractivity contribution in [2.24, 2.45) is 0 Å². The number of hydrogen-bond donors (Lipinski definition) is 1. The summed E-state index contributed by atoms with van der Waals surface area (Å²) >= 11 is 0. The first-order valence-electron chi connectivity index (χ1n) is 7.98. The van der Waals surface area contributed by atoms with Crippen LogP contribution in [0, 0.1) is 25.2 Å². The Morgan fingerprint density at radius 3 is 2.05 bits per heavy atom. The van der Waals surface area contributed by atoms with Gasteiger partial charge in [-0.3, -0.25) is 0 Å². The number of anilines is 1. The van der Waals surface area contributed by atoms with Gasteiger partial charge in [-0.1, -0.05) is 51.9 Å². The molecular weight excluding hydrogens is 246 g/mol. The first-order valence-corrected chi connectivity index (χ1v) is 7.98. The largest absolute Gasteiger partial charge is 0.384 e. The highest BCUT2D eigenvalue weighted by Gasteiger charge is 2.14. The molecule has 0 aromatic carbocycles. The summed E-state index contributed by atoms with van der Waals surface area (Å²) in [5.74, 6) is 0.644. The Hall–Kier alpha value is -1.43. The van der Waals surface area contributed by atoms with E-state index in [4.69, 9.17) is 11.0 Å². The highest BCUT2D eigenvalue weighted by Crippen LogP contribution is 2.24. The van der Waals surface area contributed by atoms with E-state index in [9.17, 15) is 0 Å². The minimum atomic E-state index is 0.644. The van der Waals surface area contributed by atoms with E-state index in [1.165, 1.54) is 44.9 Å². The van der Waals surface area contributed by atoms with Gasteiger partial charge >= 0.3 is 0 Å². The van der Waals surface area contributed by atoms with E-state index >= 15 is 0 Å². The topological polar surface area (TPSA) is 54.7 Å². The molecule has 3 heteroatoms. The number of aromatic nitrogens is 1. The molecule has 0 aliphatic heterocycles. The standard InChI is InChI=1S/C17H29N3/c1-4-5-6-7-8-9-10-11-12-20-15(3)14(2)16(13-18)17(20)19/h4-12,19H2,1-3H3. The first kappa shape index (κ1) is 16.6. The average Bonchev–Trinajstić information content (AvgIpc) is 2.64. The molecule has 2 N–H and O–H groups in total. The summed E-state index contributed by atoms with van der Waals surface area (Å²) in [5, 5.41) is 9.11. The fourth-order valence-electron chi connectivity index (χ4n) is 2.72. The summed E-state index contributed by atoms with van der Waals surface area (Å²) in [4.78, 5) is 0. The molecule has 0 radical (unpaired) electrons. The van der Waals surface area contributed by atoms with Crippen molar-refractivity contribution < 1.29 is 0 Å². The van der Waals surface area contributed by atoms with Crippen LogP contribution in [-0.4, -0.2) is 4.57 Å². The second-order valence-corrected chi connectivity index (χ2v) is 5.71. The van der Waals surface area contributed by atoms with Gasteiger partial charge in [0, 0.05) is 12.2 Å². The highest BCUT2D eigenvalue weighted by molar-refractivity contribution is 5.57. The highest BCUT2D eigenvalue weighted by atomic mass is 15.1. The Morgan fingerprint density at radius 2 is 1.55 bits per heavy atom. The smallest absolute Gasteiger partial charge is 0.122 e. The van der Waals surface area contributed by atoms with E-state index in [0.717, 1.165) is 24.2 Å². The average molecular weight is 275 g/mol. The monoisotopic (exact) mass is 275 g/mol. The lowest BCUT2D eigenvalue weighted by Gasteiger charge is -2.09. The maximum absolute atomic E-state index is 9.11. The molecule has 0 unspecified atom stereocenters. The molecule has 1 aromatic heterocycles. The van der Waals surface area contributed by atoms with Crippen molar-refractivity contribution >= 4 is 5.82 Å². The summed E-state index contributed by atoms with van der Waals surface area (Å²) in [6.07, 6.45) is 10.5. The van der Waals surface area contributed by atoms with Gasteiger partial charge in [-0.15, -0.1) is 0 Å². The van der Waals surface area contributed by atoms with Crippen LogP contribution in [0.5, 0.6) is 0 Å². The molecule has 20 heavy (non-hydrogen) atoms. The van der Waals surface area contributed by atoms with E-state index in [2.05, 4.69) is 24.5 Å². The van der Waals surface area contributed by atoms with Crippen LogP contribution < -0.4 is 5.73 Å². The molecule has 0 bridgehead atoms. The van der Waals surface area contributed by atoms with Crippen molar-refractivity contribution in [3.63, 3.8) is 0 Å². The third-order valence-corrected chi connectivity index (χ3v) is 4.22. The SMILES string of the molecule is CCCCCCCCCCn1c(C)c(C)c(C#N)c1N. The van der Waals surface area contributed by atoms with Crippen molar-refractivity contribution in [3.05, 3.63) is 16.8 Å². The number of nitrogen functional groups attached to an aromatic ring is 1. The van der Waals surface area contributed by atoms with Gasteiger partial charge in [0.05, 0.1) is 5.56 Å². The van der Waals surface area contributed by atoms with Gasteiger partial charge in [-0.25, -0.2) is 0 Å². The molecule has 0 atom stereocenters. The quantitative estimate of drug-likeness (QED) is 0.664. The first-order chi connectivity index (χ1) is 9.63. The maximum Gasteiger partial charge on any atom is 0.122 e. The van der Waals surface area contributed by atoms with Gasteiger partial charge in [0.25, 0.3) is 0 Å². The zero-order valence-corrected chi connectivity index (χ0v) is 13.3. The molecule has 0 fully saturated rings. The Balaban J connectivity index is 2.31. The van der Waals surface area contributed by atoms with Crippen molar-refractivity contribution in [3.8, 4) is 6.07 Å². The van der Waals surface area contributed by atoms with Crippen LogP contribution in [-0.2, 0) is 6.54 Å². The Labute approximate surface area is 123 Å². The lowest BCUT2D eigenvalue weighted by Crippen LogP contribution is -2.05. The lowest BCUT2D eigenvalue weighted by atomic mass is 10.1. The molecule has 0 spiro atoms. The number of nitrogens with zero attached hydrogens (tertiary/aromatic N) is 2. The molecule has 0 amide bonds. The maximum atomic E-state index is 9.11. The summed E-state index contributed by atoms with van der Waals surface area (Å²) in [5.41, 5.74) is 8.88. The normalized spacial score (nSPS) is 10.7. The molecule has 3 nitrogen and oxygen atoms in total. The van der Waals surface area contributed by atoms with Gasteiger partial charge < -0.3 is 10.3 Å². The predicted octanol–water partition coefficient (Wildman–Crippen LogP) is 4.70. The van der Waals surface area contributed by atoms with Crippen LogP contribution in [0.4, 0.5) is 5.82 Å². The summed E-state index contributed by atoms with van der Waals surface area (Å²) in [7, 11) is 0. The number of nitrogens with two attached hydrogens (primary N) is 1. The van der Waals surface area contributed by atoms with Gasteiger partial charge in [0.15, 0.2) is 0 Å². The summed E-state index contributed by atoms with van der Waals surface area (Å²) < 4.78 is 2.10. The molecule has 0 aliphatic carbocycles. The molecule has 0 saturated carbocycles. The van der Waals surface area contributed by atoms with E-state index in [-0.39, 0.29) is 0 Å².